The molecular formula is C9H7N3O3. The fraction of sp³-hybridized carbons (Fsp3) is 0.111. The van der Waals surface area contributed by atoms with Crippen LogP contribution in [0.15, 0.2) is 23.0 Å². The van der Waals surface area contributed by atoms with Gasteiger partial charge in [-0.1, -0.05) is 5.16 Å². The van der Waals surface area contributed by atoms with Crippen LogP contribution in [0.4, 0.5) is 0 Å². The minimum Gasteiger partial charge on any atom is -0.478 e. The van der Waals surface area contributed by atoms with Gasteiger partial charge in [-0.05, 0) is 6.07 Å². The Morgan fingerprint density at radius 1 is 1.53 bits per heavy atom. The fourth-order valence-corrected chi connectivity index (χ4v) is 1.17. The summed E-state index contributed by atoms with van der Waals surface area (Å²) in [4.78, 5) is 18.6. The first-order valence-corrected chi connectivity index (χ1v) is 4.16. The standard InChI is InChI=1S/C9H7N3O3/c1-5-11-8(12-15-5)6-2-3-10-4-7(6)9(13)14/h2-4H,1H3,(H,13,14). The Morgan fingerprint density at radius 2 is 2.33 bits per heavy atom. The van der Waals surface area contributed by atoms with E-state index in [1.54, 1.807) is 6.92 Å². The first-order chi connectivity index (χ1) is 7.18. The van der Waals surface area contributed by atoms with Gasteiger partial charge in [-0.2, -0.15) is 4.98 Å². The van der Waals surface area contributed by atoms with Crippen molar-refractivity contribution in [2.45, 2.75) is 6.92 Å². The quantitative estimate of drug-likeness (QED) is 0.790. The third-order valence-corrected chi connectivity index (χ3v) is 1.82. The summed E-state index contributed by atoms with van der Waals surface area (Å²) in [6.45, 7) is 1.64. The van der Waals surface area contributed by atoms with Crippen molar-refractivity contribution in [1.29, 1.82) is 0 Å². The summed E-state index contributed by atoms with van der Waals surface area (Å²) < 4.78 is 4.78. The summed E-state index contributed by atoms with van der Waals surface area (Å²) >= 11 is 0. The highest BCUT2D eigenvalue weighted by Crippen LogP contribution is 2.19. The van der Waals surface area contributed by atoms with E-state index in [0.29, 0.717) is 11.5 Å². The molecule has 0 saturated heterocycles. The number of carboxylic acids is 1. The average Bonchev–Trinajstić information content (AvgIpc) is 2.65. The molecule has 2 heterocycles. The number of carboxylic acid groups (broad SMARTS) is 1. The molecule has 0 spiro atoms. The van der Waals surface area contributed by atoms with Crippen molar-refractivity contribution in [3.8, 4) is 11.4 Å². The molecule has 1 N–H and O–H groups in total. The number of aromatic carboxylic acids is 1. The van der Waals surface area contributed by atoms with Gasteiger partial charge in [0.2, 0.25) is 11.7 Å². The SMILES string of the molecule is Cc1nc(-c2ccncc2C(=O)O)no1. The third-order valence-electron chi connectivity index (χ3n) is 1.82. The van der Waals surface area contributed by atoms with Crippen LogP contribution in [0, 0.1) is 6.92 Å². The molecule has 6 nitrogen and oxygen atoms in total. The van der Waals surface area contributed by atoms with E-state index in [-0.39, 0.29) is 11.4 Å². The zero-order valence-electron chi connectivity index (χ0n) is 7.84. The Hall–Kier alpha value is -2.24. The predicted octanol–water partition coefficient (Wildman–Crippen LogP) is 1.14. The van der Waals surface area contributed by atoms with Crippen molar-refractivity contribution < 1.29 is 14.4 Å². The Morgan fingerprint density at radius 3 is 2.93 bits per heavy atom. The van der Waals surface area contributed by atoms with Gasteiger partial charge in [0.05, 0.1) is 5.56 Å². The van der Waals surface area contributed by atoms with Crippen molar-refractivity contribution in [2.24, 2.45) is 0 Å². The number of hydrogen-bond acceptors (Lipinski definition) is 5. The number of carbonyl (C=O) groups is 1. The van der Waals surface area contributed by atoms with Crippen LogP contribution in [0.1, 0.15) is 16.2 Å². The van der Waals surface area contributed by atoms with E-state index in [1.165, 1.54) is 18.5 Å². The van der Waals surface area contributed by atoms with Crippen molar-refractivity contribution in [2.75, 3.05) is 0 Å². The second-order valence-corrected chi connectivity index (χ2v) is 2.86. The molecule has 0 aliphatic rings. The van der Waals surface area contributed by atoms with Gasteiger partial charge in [0, 0.05) is 24.9 Å². The van der Waals surface area contributed by atoms with Gasteiger partial charge in [-0.25, -0.2) is 4.79 Å². The lowest BCUT2D eigenvalue weighted by Crippen LogP contribution is -2.00. The van der Waals surface area contributed by atoms with Crippen molar-refractivity contribution >= 4 is 5.97 Å². The van der Waals surface area contributed by atoms with E-state index in [9.17, 15) is 4.79 Å². The van der Waals surface area contributed by atoms with Crippen LogP contribution in [0.5, 0.6) is 0 Å². The van der Waals surface area contributed by atoms with Gasteiger partial charge < -0.3 is 9.63 Å². The first kappa shape index (κ1) is 9.32. The lowest BCUT2D eigenvalue weighted by atomic mass is 10.1. The van der Waals surface area contributed by atoms with Gasteiger partial charge in [0.1, 0.15) is 0 Å². The molecule has 76 valence electrons. The van der Waals surface area contributed by atoms with Crippen molar-refractivity contribution in [1.82, 2.24) is 15.1 Å². The number of pyridine rings is 1. The average molecular weight is 205 g/mol. The summed E-state index contributed by atoms with van der Waals surface area (Å²) in [5, 5.41) is 12.6. The molecule has 15 heavy (non-hydrogen) atoms. The van der Waals surface area contributed by atoms with E-state index in [4.69, 9.17) is 9.63 Å². The van der Waals surface area contributed by atoms with Crippen LogP contribution in [0.25, 0.3) is 11.4 Å². The Labute approximate surface area is 84.6 Å². The van der Waals surface area contributed by atoms with Crippen LogP contribution in [-0.4, -0.2) is 26.2 Å². The third kappa shape index (κ3) is 1.69. The van der Waals surface area contributed by atoms with Gasteiger partial charge >= 0.3 is 5.97 Å². The Bertz CT molecular complexity index is 507. The molecule has 6 heteroatoms. The lowest BCUT2D eigenvalue weighted by molar-refractivity contribution is 0.0697. The predicted molar refractivity (Wildman–Crippen MR) is 49.2 cm³/mol. The van der Waals surface area contributed by atoms with Crippen LogP contribution < -0.4 is 0 Å². The molecule has 0 bridgehead atoms. The number of hydrogen-bond donors (Lipinski definition) is 1. The highest BCUT2D eigenvalue weighted by molar-refractivity contribution is 5.94. The minimum atomic E-state index is -1.07. The molecule has 0 aliphatic carbocycles. The van der Waals surface area contributed by atoms with E-state index in [0.717, 1.165) is 0 Å². The molecule has 0 atom stereocenters. The molecule has 0 aromatic carbocycles. The van der Waals surface area contributed by atoms with Gasteiger partial charge in [0.15, 0.2) is 0 Å². The largest absolute Gasteiger partial charge is 0.478 e. The molecule has 0 radical (unpaired) electrons. The second-order valence-electron chi connectivity index (χ2n) is 2.86. The summed E-state index contributed by atoms with van der Waals surface area (Å²) in [7, 11) is 0. The number of aryl methyl sites for hydroxylation is 1. The van der Waals surface area contributed by atoms with E-state index in [1.807, 2.05) is 0 Å². The number of rotatable bonds is 2. The monoisotopic (exact) mass is 205 g/mol. The normalized spacial score (nSPS) is 10.2. The lowest BCUT2D eigenvalue weighted by Gasteiger charge is -1.98. The summed E-state index contributed by atoms with van der Waals surface area (Å²) in [6.07, 6.45) is 2.73. The molecule has 2 rings (SSSR count). The Balaban J connectivity index is 2.57. The maximum absolute atomic E-state index is 10.9. The summed E-state index contributed by atoms with van der Waals surface area (Å²) in [6, 6.07) is 1.54. The topological polar surface area (TPSA) is 89.1 Å². The van der Waals surface area contributed by atoms with Crippen LogP contribution in [-0.2, 0) is 0 Å². The zero-order valence-corrected chi connectivity index (χ0v) is 7.84. The Kier molecular flexibility index (Phi) is 2.17. The van der Waals surface area contributed by atoms with Crippen LogP contribution in [0.3, 0.4) is 0 Å². The summed E-state index contributed by atoms with van der Waals surface area (Å²) in [5.74, 6) is -0.425. The number of nitrogens with zero attached hydrogens (tertiary/aromatic N) is 3. The maximum Gasteiger partial charge on any atom is 0.338 e. The molecule has 2 aromatic rings. The van der Waals surface area contributed by atoms with Crippen LogP contribution >= 0.6 is 0 Å². The molecule has 0 saturated carbocycles. The molecule has 2 aromatic heterocycles. The van der Waals surface area contributed by atoms with Gasteiger partial charge in [0.25, 0.3) is 0 Å². The molecular weight excluding hydrogens is 198 g/mol. The van der Waals surface area contributed by atoms with Gasteiger partial charge in [-0.15, -0.1) is 0 Å². The first-order valence-electron chi connectivity index (χ1n) is 4.16. The highest BCUT2D eigenvalue weighted by Gasteiger charge is 2.15. The fourth-order valence-electron chi connectivity index (χ4n) is 1.17. The van der Waals surface area contributed by atoms with E-state index in [2.05, 4.69) is 15.1 Å². The van der Waals surface area contributed by atoms with Crippen molar-refractivity contribution in [3.05, 3.63) is 29.9 Å². The molecule has 0 amide bonds. The molecule has 0 aliphatic heterocycles. The van der Waals surface area contributed by atoms with E-state index >= 15 is 0 Å². The smallest absolute Gasteiger partial charge is 0.338 e. The second kappa shape index (κ2) is 3.49. The molecule has 0 unspecified atom stereocenters. The minimum absolute atomic E-state index is 0.0540. The van der Waals surface area contributed by atoms with Crippen molar-refractivity contribution in [3.63, 3.8) is 0 Å². The highest BCUT2D eigenvalue weighted by atomic mass is 16.5. The number of aromatic nitrogens is 3. The van der Waals surface area contributed by atoms with E-state index < -0.39 is 5.97 Å². The maximum atomic E-state index is 10.9. The van der Waals surface area contributed by atoms with Gasteiger partial charge in [-0.3, -0.25) is 4.98 Å². The zero-order chi connectivity index (χ0) is 10.8. The molecule has 0 fully saturated rings. The van der Waals surface area contributed by atoms with Crippen LogP contribution in [0.2, 0.25) is 0 Å². The summed E-state index contributed by atoms with van der Waals surface area (Å²) in [5.41, 5.74) is 0.452.